The van der Waals surface area contributed by atoms with Gasteiger partial charge in [-0.3, -0.25) is 4.31 Å². The lowest BCUT2D eigenvalue weighted by molar-refractivity contribution is 0.152. The predicted molar refractivity (Wildman–Crippen MR) is 115 cm³/mol. The van der Waals surface area contributed by atoms with E-state index in [-0.39, 0.29) is 16.9 Å². The molecule has 4 rings (SSSR count). The maximum absolute atomic E-state index is 13.9. The standard InChI is InChI=1S/C24H31NO2S/c1-17-13-18(2)15-19(14-17)25(28(26,27)20-9-7-6-8-10-20)22-16-24(5)12-11-21(22)23(24,3)4/h6-10,13-15,21-22H,11-12,16H2,1-5H3/t21-,22-,24+/m1/s1. The second kappa shape index (κ2) is 6.35. The molecule has 0 amide bonds. The Bertz CT molecular complexity index is 974. The molecule has 0 spiro atoms. The van der Waals surface area contributed by atoms with Gasteiger partial charge < -0.3 is 0 Å². The van der Waals surface area contributed by atoms with Crippen LogP contribution in [0.3, 0.4) is 0 Å². The van der Waals surface area contributed by atoms with Crippen molar-refractivity contribution in [2.75, 3.05) is 4.31 Å². The number of hydrogen-bond donors (Lipinski definition) is 0. The molecule has 2 aromatic rings. The Morgan fingerprint density at radius 3 is 2.07 bits per heavy atom. The van der Waals surface area contributed by atoms with Gasteiger partial charge in [-0.1, -0.05) is 45.0 Å². The number of anilines is 1. The summed E-state index contributed by atoms with van der Waals surface area (Å²) in [4.78, 5) is 0.375. The van der Waals surface area contributed by atoms with E-state index in [1.54, 1.807) is 28.6 Å². The van der Waals surface area contributed by atoms with Crippen LogP contribution in [0.1, 0.15) is 51.2 Å². The van der Waals surface area contributed by atoms with Crippen LogP contribution in [-0.2, 0) is 10.0 Å². The fourth-order valence-corrected chi connectivity index (χ4v) is 7.47. The summed E-state index contributed by atoms with van der Waals surface area (Å²) in [5, 5.41) is 0. The zero-order valence-corrected chi connectivity index (χ0v) is 18.4. The molecular weight excluding hydrogens is 366 g/mol. The molecule has 3 atom stereocenters. The normalized spacial score (nSPS) is 28.5. The maximum Gasteiger partial charge on any atom is 0.264 e. The molecule has 0 aromatic heterocycles. The largest absolute Gasteiger partial charge is 0.264 e. The van der Waals surface area contributed by atoms with Crippen LogP contribution in [0, 0.1) is 30.6 Å². The highest BCUT2D eigenvalue weighted by atomic mass is 32.2. The Hall–Kier alpha value is -1.81. The molecule has 2 aliphatic carbocycles. The quantitative estimate of drug-likeness (QED) is 0.662. The van der Waals surface area contributed by atoms with Crippen molar-refractivity contribution in [3.8, 4) is 0 Å². The molecule has 0 unspecified atom stereocenters. The average Bonchev–Trinajstić information content (AvgIpc) is 2.94. The van der Waals surface area contributed by atoms with Crippen molar-refractivity contribution in [2.45, 2.75) is 64.8 Å². The molecule has 0 aliphatic heterocycles. The predicted octanol–water partition coefficient (Wildman–Crippen LogP) is 5.71. The topological polar surface area (TPSA) is 37.4 Å². The van der Waals surface area contributed by atoms with E-state index in [4.69, 9.17) is 0 Å². The number of fused-ring (bicyclic) bond motifs is 2. The van der Waals surface area contributed by atoms with Gasteiger partial charge in [0, 0.05) is 6.04 Å². The molecule has 2 fully saturated rings. The third-order valence-electron chi connectivity index (χ3n) is 7.68. The summed E-state index contributed by atoms with van der Waals surface area (Å²) in [6, 6.07) is 15.0. The molecule has 2 saturated carbocycles. The van der Waals surface area contributed by atoms with Crippen LogP contribution < -0.4 is 4.31 Å². The SMILES string of the molecule is Cc1cc(C)cc(N([C@@H]2C[C@]3(C)CC[C@H]2C3(C)C)S(=O)(=O)c2ccccc2)c1. The highest BCUT2D eigenvalue weighted by molar-refractivity contribution is 7.92. The fourth-order valence-electron chi connectivity index (χ4n) is 5.79. The Morgan fingerprint density at radius 1 is 0.964 bits per heavy atom. The average molecular weight is 398 g/mol. The van der Waals surface area contributed by atoms with Crippen LogP contribution in [0.4, 0.5) is 5.69 Å². The second-order valence-corrected chi connectivity index (χ2v) is 11.5. The van der Waals surface area contributed by atoms with Gasteiger partial charge in [0.05, 0.1) is 10.6 Å². The number of sulfonamides is 1. The molecule has 0 radical (unpaired) electrons. The van der Waals surface area contributed by atoms with Crippen LogP contribution in [-0.4, -0.2) is 14.5 Å². The minimum absolute atomic E-state index is 0.000145. The summed E-state index contributed by atoms with van der Waals surface area (Å²) < 4.78 is 29.5. The lowest BCUT2D eigenvalue weighted by Gasteiger charge is -2.37. The van der Waals surface area contributed by atoms with Crippen LogP contribution >= 0.6 is 0 Å². The van der Waals surface area contributed by atoms with E-state index >= 15 is 0 Å². The molecular formula is C24H31NO2S. The number of benzene rings is 2. The van der Waals surface area contributed by atoms with E-state index in [1.807, 2.05) is 32.0 Å². The van der Waals surface area contributed by atoms with Crippen molar-refractivity contribution >= 4 is 15.7 Å². The van der Waals surface area contributed by atoms with Crippen molar-refractivity contribution in [1.29, 1.82) is 0 Å². The molecule has 0 saturated heterocycles. The zero-order chi connectivity index (χ0) is 20.3. The lowest BCUT2D eigenvalue weighted by atomic mass is 9.71. The number of aryl methyl sites for hydroxylation is 2. The van der Waals surface area contributed by atoms with E-state index in [0.29, 0.717) is 10.8 Å². The van der Waals surface area contributed by atoms with E-state index in [2.05, 4.69) is 26.8 Å². The maximum atomic E-state index is 13.9. The first-order valence-corrected chi connectivity index (χ1v) is 11.7. The minimum atomic E-state index is -3.64. The fraction of sp³-hybridized carbons (Fsp3) is 0.500. The third-order valence-corrected chi connectivity index (χ3v) is 9.54. The first kappa shape index (κ1) is 19.5. The van der Waals surface area contributed by atoms with Gasteiger partial charge in [0.25, 0.3) is 10.0 Å². The molecule has 3 nitrogen and oxygen atoms in total. The molecule has 2 aromatic carbocycles. The second-order valence-electron chi connectivity index (χ2n) is 9.66. The van der Waals surface area contributed by atoms with Crippen molar-refractivity contribution in [3.63, 3.8) is 0 Å². The van der Waals surface area contributed by atoms with E-state index in [9.17, 15) is 8.42 Å². The van der Waals surface area contributed by atoms with Gasteiger partial charge in [-0.25, -0.2) is 8.42 Å². The van der Waals surface area contributed by atoms with Gasteiger partial charge in [-0.15, -0.1) is 0 Å². The number of nitrogens with zero attached hydrogens (tertiary/aromatic N) is 1. The van der Waals surface area contributed by atoms with Gasteiger partial charge >= 0.3 is 0 Å². The van der Waals surface area contributed by atoms with E-state index in [1.165, 1.54) is 6.42 Å². The minimum Gasteiger partial charge on any atom is -0.263 e. The Balaban J connectivity index is 1.89. The van der Waals surface area contributed by atoms with Gasteiger partial charge in [0.15, 0.2) is 0 Å². The van der Waals surface area contributed by atoms with Gasteiger partial charge in [-0.05, 0) is 85.3 Å². The highest BCUT2D eigenvalue weighted by Crippen LogP contribution is 2.67. The molecule has 2 aliphatic rings. The summed E-state index contributed by atoms with van der Waals surface area (Å²) in [7, 11) is -3.64. The van der Waals surface area contributed by atoms with Crippen LogP contribution in [0.5, 0.6) is 0 Å². The number of rotatable bonds is 4. The lowest BCUT2D eigenvalue weighted by Crippen LogP contribution is -2.44. The monoisotopic (exact) mass is 397 g/mol. The first-order valence-electron chi connectivity index (χ1n) is 10.2. The van der Waals surface area contributed by atoms with Crippen molar-refractivity contribution in [1.82, 2.24) is 0 Å². The van der Waals surface area contributed by atoms with Gasteiger partial charge in [-0.2, -0.15) is 0 Å². The van der Waals surface area contributed by atoms with Crippen molar-refractivity contribution in [3.05, 3.63) is 59.7 Å². The molecule has 0 heterocycles. The van der Waals surface area contributed by atoms with Gasteiger partial charge in [0.1, 0.15) is 0 Å². The van der Waals surface area contributed by atoms with Gasteiger partial charge in [0.2, 0.25) is 0 Å². The van der Waals surface area contributed by atoms with Crippen LogP contribution in [0.25, 0.3) is 0 Å². The Kier molecular flexibility index (Phi) is 4.42. The Labute approximate surface area is 169 Å². The molecule has 2 bridgehead atoms. The Morgan fingerprint density at radius 2 is 1.57 bits per heavy atom. The van der Waals surface area contributed by atoms with Crippen molar-refractivity contribution < 1.29 is 8.42 Å². The summed E-state index contributed by atoms with van der Waals surface area (Å²) >= 11 is 0. The number of hydrogen-bond acceptors (Lipinski definition) is 2. The molecule has 4 heteroatoms. The summed E-state index contributed by atoms with van der Waals surface area (Å²) in [5.74, 6) is 0.372. The van der Waals surface area contributed by atoms with E-state index in [0.717, 1.165) is 29.7 Å². The third kappa shape index (κ3) is 2.80. The summed E-state index contributed by atoms with van der Waals surface area (Å²) in [6.45, 7) is 11.1. The molecule has 0 N–H and O–H groups in total. The van der Waals surface area contributed by atoms with Crippen molar-refractivity contribution in [2.24, 2.45) is 16.7 Å². The zero-order valence-electron chi connectivity index (χ0n) is 17.6. The highest BCUT2D eigenvalue weighted by Gasteiger charge is 2.63. The summed E-state index contributed by atoms with van der Waals surface area (Å²) in [5.41, 5.74) is 3.32. The van der Waals surface area contributed by atoms with E-state index < -0.39 is 10.0 Å². The molecule has 150 valence electrons. The van der Waals surface area contributed by atoms with Crippen LogP contribution in [0.2, 0.25) is 0 Å². The smallest absolute Gasteiger partial charge is 0.263 e. The van der Waals surface area contributed by atoms with Crippen LogP contribution in [0.15, 0.2) is 53.4 Å². The molecule has 28 heavy (non-hydrogen) atoms. The summed E-state index contributed by atoms with van der Waals surface area (Å²) in [6.07, 6.45) is 3.21. The first-order chi connectivity index (χ1) is 13.1.